The van der Waals surface area contributed by atoms with Gasteiger partial charge in [-0.25, -0.2) is 0 Å². The molecule has 162 valence electrons. The van der Waals surface area contributed by atoms with Crippen LogP contribution in [0.2, 0.25) is 0 Å². The van der Waals surface area contributed by atoms with E-state index in [9.17, 15) is 15.0 Å². The molecule has 1 amide bonds. The van der Waals surface area contributed by atoms with Crippen LogP contribution in [-0.4, -0.2) is 46.7 Å². The topological polar surface area (TPSA) is 72.8 Å². The molecule has 1 heterocycles. The van der Waals surface area contributed by atoms with Gasteiger partial charge < -0.3 is 20.4 Å². The van der Waals surface area contributed by atoms with Gasteiger partial charge in [0.2, 0.25) is 5.91 Å². The monoisotopic (exact) mass is 410 g/mol. The smallest absolute Gasteiger partial charge is 0.220 e. The van der Waals surface area contributed by atoms with Gasteiger partial charge in [0.15, 0.2) is 0 Å². The summed E-state index contributed by atoms with van der Waals surface area (Å²) < 4.78 is 0. The van der Waals surface area contributed by atoms with E-state index in [0.717, 1.165) is 31.6 Å². The van der Waals surface area contributed by atoms with Gasteiger partial charge >= 0.3 is 0 Å². The van der Waals surface area contributed by atoms with Crippen LogP contribution < -0.4 is 5.32 Å². The fraction of sp³-hybridized carbons (Fsp3) is 0.480. The first-order valence-corrected chi connectivity index (χ1v) is 10.9. The number of carbonyl (C=O) groups is 1. The van der Waals surface area contributed by atoms with Gasteiger partial charge in [0.05, 0.1) is 0 Å². The highest BCUT2D eigenvalue weighted by atomic mass is 16.3. The number of rotatable bonds is 7. The Morgan fingerprint density at radius 1 is 1.20 bits per heavy atom. The standard InChI is InChI=1S/C25H34N2O3/c1-18-16-27(14-13-25(18,3)21-5-4-6-23(29)15-21)17-19(2)26-24(30)12-9-20-7-10-22(28)11-8-20/h4-8,10-11,15,18-19,28-29H,9,12-14,16-17H2,1-3H3,(H,26,30)/t18-,19-,25+/m0/s1. The Bertz CT molecular complexity index is 852. The zero-order valence-corrected chi connectivity index (χ0v) is 18.3. The molecule has 0 saturated carbocycles. The van der Waals surface area contributed by atoms with Crippen LogP contribution in [-0.2, 0) is 16.6 Å². The Morgan fingerprint density at radius 2 is 1.93 bits per heavy atom. The van der Waals surface area contributed by atoms with Crippen molar-refractivity contribution in [1.29, 1.82) is 0 Å². The van der Waals surface area contributed by atoms with E-state index in [1.54, 1.807) is 18.2 Å². The van der Waals surface area contributed by atoms with Crippen LogP contribution in [0.3, 0.4) is 0 Å². The van der Waals surface area contributed by atoms with Crippen molar-refractivity contribution in [3.05, 3.63) is 59.7 Å². The lowest BCUT2D eigenvalue weighted by molar-refractivity contribution is -0.121. The Balaban J connectivity index is 1.46. The number of nitrogens with one attached hydrogen (secondary N) is 1. The zero-order valence-electron chi connectivity index (χ0n) is 18.3. The largest absolute Gasteiger partial charge is 0.508 e. The molecule has 5 nitrogen and oxygen atoms in total. The van der Waals surface area contributed by atoms with E-state index < -0.39 is 0 Å². The SMILES string of the molecule is C[C@@H](CN1CC[C@@](C)(c2cccc(O)c2)[C@@H](C)C1)NC(=O)CCc1ccc(O)cc1. The molecule has 3 N–H and O–H groups in total. The lowest BCUT2D eigenvalue weighted by atomic mass is 9.68. The molecule has 0 spiro atoms. The third kappa shape index (κ3) is 5.54. The number of aromatic hydroxyl groups is 2. The van der Waals surface area contributed by atoms with Crippen LogP contribution in [0.15, 0.2) is 48.5 Å². The van der Waals surface area contributed by atoms with Crippen LogP contribution in [0, 0.1) is 5.92 Å². The second-order valence-electron chi connectivity index (χ2n) is 9.01. The summed E-state index contributed by atoms with van der Waals surface area (Å²) in [5.74, 6) is 1.08. The number of likely N-dealkylation sites (tertiary alicyclic amines) is 1. The summed E-state index contributed by atoms with van der Waals surface area (Å²) in [6, 6.07) is 14.7. The number of benzene rings is 2. The molecular weight excluding hydrogens is 376 g/mol. The molecule has 1 aliphatic heterocycles. The second-order valence-corrected chi connectivity index (χ2v) is 9.01. The summed E-state index contributed by atoms with van der Waals surface area (Å²) >= 11 is 0. The highest BCUT2D eigenvalue weighted by Gasteiger charge is 2.38. The predicted molar refractivity (Wildman–Crippen MR) is 120 cm³/mol. The number of phenolic OH excluding ortho intramolecular Hbond substituents is 2. The van der Waals surface area contributed by atoms with Crippen LogP contribution in [0.4, 0.5) is 0 Å². The first kappa shape index (κ1) is 22.2. The lowest BCUT2D eigenvalue weighted by Crippen LogP contribution is -2.51. The maximum atomic E-state index is 12.3. The minimum absolute atomic E-state index is 0.0475. The molecule has 0 unspecified atom stereocenters. The van der Waals surface area contributed by atoms with Crippen molar-refractivity contribution < 1.29 is 15.0 Å². The Hall–Kier alpha value is -2.53. The summed E-state index contributed by atoms with van der Waals surface area (Å²) in [5, 5.41) is 22.3. The average Bonchev–Trinajstić information content (AvgIpc) is 2.70. The number of phenols is 2. The highest BCUT2D eigenvalue weighted by molar-refractivity contribution is 5.76. The van der Waals surface area contributed by atoms with Crippen molar-refractivity contribution in [2.24, 2.45) is 5.92 Å². The summed E-state index contributed by atoms with van der Waals surface area (Å²) in [6.45, 7) is 9.41. The van der Waals surface area contributed by atoms with Crippen molar-refractivity contribution in [2.75, 3.05) is 19.6 Å². The molecule has 30 heavy (non-hydrogen) atoms. The number of nitrogens with zero attached hydrogens (tertiary/aromatic N) is 1. The molecule has 0 bridgehead atoms. The summed E-state index contributed by atoms with van der Waals surface area (Å²) in [7, 11) is 0. The van der Waals surface area contributed by atoms with Crippen molar-refractivity contribution in [3.63, 3.8) is 0 Å². The molecule has 3 rings (SSSR count). The summed E-state index contributed by atoms with van der Waals surface area (Å²) in [6.07, 6.45) is 2.14. The van der Waals surface area contributed by atoms with E-state index in [2.05, 4.69) is 37.1 Å². The van der Waals surface area contributed by atoms with E-state index in [4.69, 9.17) is 0 Å². The quantitative estimate of drug-likeness (QED) is 0.649. The second kappa shape index (κ2) is 9.52. The molecule has 2 aromatic rings. The molecule has 5 heteroatoms. The van der Waals surface area contributed by atoms with Crippen LogP contribution >= 0.6 is 0 Å². The lowest BCUT2D eigenvalue weighted by Gasteiger charge is -2.45. The van der Waals surface area contributed by atoms with E-state index in [-0.39, 0.29) is 23.1 Å². The van der Waals surface area contributed by atoms with E-state index in [1.165, 1.54) is 5.56 Å². The van der Waals surface area contributed by atoms with Crippen LogP contribution in [0.1, 0.15) is 44.7 Å². The summed E-state index contributed by atoms with van der Waals surface area (Å²) in [5.41, 5.74) is 2.29. The van der Waals surface area contributed by atoms with Gasteiger partial charge in [-0.05, 0) is 73.0 Å². The minimum atomic E-state index is 0.0475. The maximum Gasteiger partial charge on any atom is 0.220 e. The highest BCUT2D eigenvalue weighted by Crippen LogP contribution is 2.40. The minimum Gasteiger partial charge on any atom is -0.508 e. The van der Waals surface area contributed by atoms with Gasteiger partial charge in [0, 0.05) is 25.6 Å². The molecule has 2 aromatic carbocycles. The van der Waals surface area contributed by atoms with Crippen molar-refractivity contribution in [1.82, 2.24) is 10.2 Å². The average molecular weight is 411 g/mol. The van der Waals surface area contributed by atoms with E-state index >= 15 is 0 Å². The predicted octanol–water partition coefficient (Wildman–Crippen LogP) is 3.83. The van der Waals surface area contributed by atoms with E-state index in [1.807, 2.05) is 24.3 Å². The molecule has 0 radical (unpaired) electrons. The Kier molecular flexibility index (Phi) is 7.03. The zero-order chi connectivity index (χ0) is 21.7. The van der Waals surface area contributed by atoms with E-state index in [0.29, 0.717) is 24.5 Å². The van der Waals surface area contributed by atoms with Gasteiger partial charge in [-0.1, -0.05) is 38.1 Å². The normalized spacial score (nSPS) is 23.1. The molecule has 1 saturated heterocycles. The number of aryl methyl sites for hydroxylation is 1. The number of carbonyl (C=O) groups excluding carboxylic acids is 1. The van der Waals surface area contributed by atoms with Gasteiger partial charge in [-0.3, -0.25) is 4.79 Å². The van der Waals surface area contributed by atoms with Gasteiger partial charge in [-0.15, -0.1) is 0 Å². The molecule has 1 fully saturated rings. The van der Waals surface area contributed by atoms with Gasteiger partial charge in [-0.2, -0.15) is 0 Å². The molecule has 0 aliphatic carbocycles. The van der Waals surface area contributed by atoms with Crippen LogP contribution in [0.25, 0.3) is 0 Å². The van der Waals surface area contributed by atoms with Crippen LogP contribution in [0.5, 0.6) is 11.5 Å². The fourth-order valence-electron chi connectivity index (χ4n) is 4.47. The summed E-state index contributed by atoms with van der Waals surface area (Å²) in [4.78, 5) is 14.7. The first-order valence-electron chi connectivity index (χ1n) is 10.9. The third-order valence-corrected chi connectivity index (χ3v) is 6.59. The van der Waals surface area contributed by atoms with Crippen molar-refractivity contribution >= 4 is 5.91 Å². The molecule has 1 aliphatic rings. The number of amides is 1. The third-order valence-electron chi connectivity index (χ3n) is 6.59. The maximum absolute atomic E-state index is 12.3. The van der Waals surface area contributed by atoms with Crippen molar-refractivity contribution in [3.8, 4) is 11.5 Å². The number of piperidine rings is 1. The molecule has 0 aromatic heterocycles. The fourth-order valence-corrected chi connectivity index (χ4v) is 4.47. The van der Waals surface area contributed by atoms with Gasteiger partial charge in [0.1, 0.15) is 11.5 Å². The Labute approximate surface area is 179 Å². The molecular formula is C25H34N2O3. The van der Waals surface area contributed by atoms with Crippen molar-refractivity contribution in [2.45, 2.75) is 51.5 Å². The first-order chi connectivity index (χ1) is 14.3. The molecule has 3 atom stereocenters. The Morgan fingerprint density at radius 3 is 2.60 bits per heavy atom. The van der Waals surface area contributed by atoms with Gasteiger partial charge in [0.25, 0.3) is 0 Å². The number of hydrogen-bond donors (Lipinski definition) is 3. The number of hydrogen-bond acceptors (Lipinski definition) is 4.